The van der Waals surface area contributed by atoms with Crippen molar-refractivity contribution in [3.63, 3.8) is 0 Å². The van der Waals surface area contributed by atoms with Gasteiger partial charge in [-0.05, 0) is 67.9 Å². The first-order valence-electron chi connectivity index (χ1n) is 9.89. The van der Waals surface area contributed by atoms with Crippen molar-refractivity contribution in [1.82, 2.24) is 0 Å². The third kappa shape index (κ3) is 3.21. The van der Waals surface area contributed by atoms with E-state index in [1.54, 1.807) is 0 Å². The number of rotatable bonds is 3. The third-order valence-corrected chi connectivity index (χ3v) is 6.16. The van der Waals surface area contributed by atoms with Gasteiger partial charge in [0.1, 0.15) is 0 Å². The molecule has 2 aromatic carbocycles. The van der Waals surface area contributed by atoms with Gasteiger partial charge in [0.15, 0.2) is 5.69 Å². The molecule has 1 saturated carbocycles. The van der Waals surface area contributed by atoms with Crippen molar-refractivity contribution in [2.45, 2.75) is 45.1 Å². The second-order valence-electron chi connectivity index (χ2n) is 7.71. The van der Waals surface area contributed by atoms with Crippen LogP contribution in [-0.4, -0.2) is 18.4 Å². The van der Waals surface area contributed by atoms with Crippen LogP contribution in [-0.2, 0) is 11.2 Å². The van der Waals surface area contributed by atoms with E-state index in [1.165, 1.54) is 5.56 Å². The molecule has 4 nitrogen and oxygen atoms in total. The first-order valence-corrected chi connectivity index (χ1v) is 9.89. The van der Waals surface area contributed by atoms with E-state index in [0.29, 0.717) is 11.8 Å². The number of fused-ring (bicyclic) bond motifs is 1. The molecule has 1 spiro atoms. The number of nitrogens with zero attached hydrogens (tertiary/aromatic N) is 3. The molecule has 1 fully saturated rings. The number of benzene rings is 2. The van der Waals surface area contributed by atoms with E-state index < -0.39 is 0 Å². The normalized spacial score (nSPS) is 24.7. The van der Waals surface area contributed by atoms with E-state index in [4.69, 9.17) is 11.3 Å². The van der Waals surface area contributed by atoms with Crippen molar-refractivity contribution in [2.24, 2.45) is 10.4 Å². The van der Waals surface area contributed by atoms with Crippen LogP contribution in [0.15, 0.2) is 47.5 Å². The average Bonchev–Trinajstić information content (AvgIpc) is 3.03. The molecule has 0 unspecified atom stereocenters. The summed E-state index contributed by atoms with van der Waals surface area (Å²) in [7, 11) is 0. The molecular formula is C24H23N3O. The van der Waals surface area contributed by atoms with E-state index in [0.717, 1.165) is 61.1 Å². The van der Waals surface area contributed by atoms with Crippen LogP contribution < -0.4 is 0 Å². The SMILES string of the molecule is [C-]#[N+]c1cccc(-c2ccc3c(c2)C(=NC#N)C2(CCC(OCC)CC2)C3)c1. The van der Waals surface area contributed by atoms with Crippen molar-refractivity contribution in [3.8, 4) is 17.3 Å². The van der Waals surface area contributed by atoms with Gasteiger partial charge in [-0.25, -0.2) is 4.85 Å². The summed E-state index contributed by atoms with van der Waals surface area (Å²) in [5, 5.41) is 9.36. The fourth-order valence-corrected chi connectivity index (χ4v) is 4.81. The maximum atomic E-state index is 9.36. The van der Waals surface area contributed by atoms with Gasteiger partial charge < -0.3 is 4.74 Å². The standard InChI is InChI=1S/C24H23N3O/c1-3-28-21-9-11-24(12-10-21)15-19-8-7-18(14-22(19)23(24)27-16-25)17-5-4-6-20(13-17)26-2/h4-8,13-14,21H,3,9-12,15H2,1H3. The molecule has 0 heterocycles. The quantitative estimate of drug-likeness (QED) is 0.515. The minimum absolute atomic E-state index is 0.0390. The summed E-state index contributed by atoms with van der Waals surface area (Å²) in [6.45, 7) is 10.0. The number of ether oxygens (including phenoxy) is 1. The maximum Gasteiger partial charge on any atom is 0.205 e. The smallest absolute Gasteiger partial charge is 0.205 e. The van der Waals surface area contributed by atoms with Crippen LogP contribution in [0.5, 0.6) is 0 Å². The molecule has 0 N–H and O–H groups in total. The van der Waals surface area contributed by atoms with Crippen molar-refractivity contribution >= 4 is 11.4 Å². The summed E-state index contributed by atoms with van der Waals surface area (Å²) in [6.07, 6.45) is 7.39. The first kappa shape index (κ1) is 18.4. The highest BCUT2D eigenvalue weighted by Crippen LogP contribution is 2.49. The fraction of sp³-hybridized carbons (Fsp3) is 0.375. The Morgan fingerprint density at radius 2 is 2.00 bits per heavy atom. The Bertz CT molecular complexity index is 1000. The number of hydrogen-bond acceptors (Lipinski definition) is 3. The number of hydrogen-bond donors (Lipinski definition) is 0. The molecule has 4 rings (SSSR count). The van der Waals surface area contributed by atoms with Gasteiger partial charge in [-0.1, -0.05) is 30.3 Å². The van der Waals surface area contributed by atoms with Crippen molar-refractivity contribution < 1.29 is 4.74 Å². The van der Waals surface area contributed by atoms with E-state index in [9.17, 15) is 5.26 Å². The molecule has 0 aliphatic heterocycles. The Labute approximate surface area is 166 Å². The second-order valence-corrected chi connectivity index (χ2v) is 7.71. The van der Waals surface area contributed by atoms with Gasteiger partial charge in [0.25, 0.3) is 0 Å². The second kappa shape index (κ2) is 7.58. The van der Waals surface area contributed by atoms with Gasteiger partial charge in [0.05, 0.1) is 18.4 Å². The predicted octanol–water partition coefficient (Wildman–Crippen LogP) is 5.70. The molecule has 0 amide bonds. The molecule has 2 aliphatic carbocycles. The molecule has 0 radical (unpaired) electrons. The Kier molecular flexibility index (Phi) is 4.99. The lowest BCUT2D eigenvalue weighted by Gasteiger charge is -2.37. The molecule has 28 heavy (non-hydrogen) atoms. The van der Waals surface area contributed by atoms with Gasteiger partial charge >= 0.3 is 0 Å². The van der Waals surface area contributed by atoms with E-state index in [-0.39, 0.29) is 5.41 Å². The molecule has 0 bridgehead atoms. The topological polar surface area (TPSA) is 49.7 Å². The molecular weight excluding hydrogens is 346 g/mol. The van der Waals surface area contributed by atoms with Crippen LogP contribution >= 0.6 is 0 Å². The molecule has 4 heteroatoms. The highest BCUT2D eigenvalue weighted by atomic mass is 16.5. The molecule has 0 saturated heterocycles. The largest absolute Gasteiger partial charge is 0.379 e. The minimum Gasteiger partial charge on any atom is -0.379 e. The van der Waals surface area contributed by atoms with Crippen molar-refractivity contribution in [3.05, 3.63) is 65.0 Å². The molecule has 0 aromatic heterocycles. The number of nitriles is 1. The monoisotopic (exact) mass is 369 g/mol. The van der Waals surface area contributed by atoms with E-state index >= 15 is 0 Å². The fourth-order valence-electron chi connectivity index (χ4n) is 4.81. The molecule has 140 valence electrons. The zero-order chi connectivity index (χ0) is 19.6. The lowest BCUT2D eigenvalue weighted by atomic mass is 9.70. The Hall–Kier alpha value is -2.95. The predicted molar refractivity (Wildman–Crippen MR) is 110 cm³/mol. The van der Waals surface area contributed by atoms with Crippen LogP contribution in [0.25, 0.3) is 16.0 Å². The summed E-state index contributed by atoms with van der Waals surface area (Å²) < 4.78 is 5.83. The maximum absolute atomic E-state index is 9.36. The Morgan fingerprint density at radius 1 is 1.21 bits per heavy atom. The summed E-state index contributed by atoms with van der Waals surface area (Å²) in [4.78, 5) is 7.85. The Morgan fingerprint density at radius 3 is 2.71 bits per heavy atom. The minimum atomic E-state index is -0.0390. The zero-order valence-corrected chi connectivity index (χ0v) is 16.1. The molecule has 2 aromatic rings. The van der Waals surface area contributed by atoms with Crippen LogP contribution in [0, 0.1) is 23.4 Å². The van der Waals surface area contributed by atoms with Crippen LogP contribution in [0.2, 0.25) is 0 Å². The van der Waals surface area contributed by atoms with E-state index in [1.807, 2.05) is 31.2 Å². The van der Waals surface area contributed by atoms with Gasteiger partial charge in [-0.3, -0.25) is 0 Å². The highest BCUT2D eigenvalue weighted by Gasteiger charge is 2.45. The van der Waals surface area contributed by atoms with Crippen LogP contribution in [0.3, 0.4) is 0 Å². The lowest BCUT2D eigenvalue weighted by Crippen LogP contribution is -2.36. The summed E-state index contributed by atoms with van der Waals surface area (Å²) in [5.41, 5.74) is 6.00. The third-order valence-electron chi connectivity index (χ3n) is 6.16. The molecule has 2 aliphatic rings. The lowest BCUT2D eigenvalue weighted by molar-refractivity contribution is 0.0179. The summed E-state index contributed by atoms with van der Waals surface area (Å²) in [5.74, 6) is 0. The highest BCUT2D eigenvalue weighted by molar-refractivity contribution is 6.10. The van der Waals surface area contributed by atoms with Gasteiger partial charge in [0.2, 0.25) is 6.19 Å². The number of aliphatic imine (C=N–C) groups is 1. The molecule has 0 atom stereocenters. The zero-order valence-electron chi connectivity index (χ0n) is 16.1. The van der Waals surface area contributed by atoms with E-state index in [2.05, 4.69) is 34.2 Å². The van der Waals surface area contributed by atoms with Gasteiger partial charge in [-0.15, -0.1) is 0 Å². The van der Waals surface area contributed by atoms with Gasteiger partial charge in [0, 0.05) is 17.6 Å². The average molecular weight is 369 g/mol. The Balaban J connectivity index is 1.70. The van der Waals surface area contributed by atoms with Crippen LogP contribution in [0.1, 0.15) is 43.7 Å². The van der Waals surface area contributed by atoms with Gasteiger partial charge in [-0.2, -0.15) is 10.3 Å². The summed E-state index contributed by atoms with van der Waals surface area (Å²) in [6, 6.07) is 14.1. The van der Waals surface area contributed by atoms with Crippen molar-refractivity contribution in [2.75, 3.05) is 6.61 Å². The van der Waals surface area contributed by atoms with Crippen molar-refractivity contribution in [1.29, 1.82) is 5.26 Å². The van der Waals surface area contributed by atoms with Crippen LogP contribution in [0.4, 0.5) is 5.69 Å². The first-order chi connectivity index (χ1) is 13.7. The summed E-state index contributed by atoms with van der Waals surface area (Å²) >= 11 is 0.